The second kappa shape index (κ2) is 7.84. The topological polar surface area (TPSA) is 106 Å². The van der Waals surface area contributed by atoms with Gasteiger partial charge in [0.15, 0.2) is 5.13 Å². The van der Waals surface area contributed by atoms with Crippen LogP contribution < -0.4 is 4.72 Å². The van der Waals surface area contributed by atoms with E-state index in [1.807, 2.05) is 0 Å². The van der Waals surface area contributed by atoms with Gasteiger partial charge >= 0.3 is 5.97 Å². The number of aromatic nitrogens is 1. The van der Waals surface area contributed by atoms with Crippen LogP contribution in [0.1, 0.15) is 17.7 Å². The summed E-state index contributed by atoms with van der Waals surface area (Å²) in [6.45, 7) is -0.0290. The molecule has 0 saturated heterocycles. The average Bonchev–Trinajstić information content (AvgIpc) is 2.83. The van der Waals surface area contributed by atoms with Crippen molar-refractivity contribution in [2.45, 2.75) is 12.8 Å². The second-order valence-electron chi connectivity index (χ2n) is 3.55. The van der Waals surface area contributed by atoms with Crippen molar-refractivity contribution in [1.82, 2.24) is 4.98 Å². The maximum absolute atomic E-state index is 11.7. The fourth-order valence-corrected chi connectivity index (χ4v) is 3.03. The zero-order chi connectivity index (χ0) is 15.0. The van der Waals surface area contributed by atoms with E-state index in [0.717, 1.165) is 11.3 Å². The second-order valence-corrected chi connectivity index (χ2v) is 6.42. The monoisotopic (exact) mass is 318 g/mol. The molecule has 9 heteroatoms. The molecule has 0 unspecified atom stereocenters. The third kappa shape index (κ3) is 6.01. The maximum atomic E-state index is 11.7. The Bertz CT molecular complexity index is 612. The number of methoxy groups -OCH3 is 1. The first kappa shape index (κ1) is 16.4. The zero-order valence-corrected chi connectivity index (χ0v) is 12.4. The van der Waals surface area contributed by atoms with Crippen molar-refractivity contribution in [3.63, 3.8) is 0 Å². The van der Waals surface area contributed by atoms with Crippen LogP contribution in [0, 0.1) is 11.8 Å². The van der Waals surface area contributed by atoms with Crippen molar-refractivity contribution in [2.75, 3.05) is 24.2 Å². The number of carbonyl (C=O) groups excluding carboxylic acids is 1. The lowest BCUT2D eigenvalue weighted by Crippen LogP contribution is -2.19. The van der Waals surface area contributed by atoms with Crippen LogP contribution in [0.2, 0.25) is 0 Å². The van der Waals surface area contributed by atoms with Crippen molar-refractivity contribution in [1.29, 1.82) is 0 Å². The van der Waals surface area contributed by atoms with Crippen molar-refractivity contribution in [2.24, 2.45) is 0 Å². The highest BCUT2D eigenvalue weighted by atomic mass is 32.2. The van der Waals surface area contributed by atoms with Crippen molar-refractivity contribution in [3.8, 4) is 11.8 Å². The van der Waals surface area contributed by atoms with Crippen molar-refractivity contribution in [3.05, 3.63) is 11.1 Å². The van der Waals surface area contributed by atoms with Gasteiger partial charge in [0, 0.05) is 6.42 Å². The Balaban J connectivity index is 2.60. The van der Waals surface area contributed by atoms with Gasteiger partial charge < -0.3 is 9.84 Å². The smallest absolute Gasteiger partial charge is 0.306 e. The molecule has 0 aromatic carbocycles. The van der Waals surface area contributed by atoms with Crippen LogP contribution in [-0.2, 0) is 19.6 Å². The molecule has 0 aliphatic rings. The standard InChI is InChI=1S/C11H14N2O5S2/c1-18-10(15)5-7-20(16,17)13-11-12-8-9(19-11)4-2-3-6-14/h8,14H,3,5-7H2,1H3,(H,12,13). The number of nitrogens with one attached hydrogen (secondary N) is 1. The Kier molecular flexibility index (Phi) is 6.44. The first-order valence-corrected chi connectivity index (χ1v) is 8.06. The summed E-state index contributed by atoms with van der Waals surface area (Å²) in [4.78, 5) is 15.4. The molecule has 0 fully saturated rings. The van der Waals surface area contributed by atoms with Gasteiger partial charge in [0.25, 0.3) is 0 Å². The van der Waals surface area contributed by atoms with E-state index in [4.69, 9.17) is 5.11 Å². The molecule has 0 bridgehead atoms. The number of esters is 1. The molecule has 0 radical (unpaired) electrons. The molecule has 0 atom stereocenters. The molecule has 110 valence electrons. The number of ether oxygens (including phenoxy) is 1. The van der Waals surface area contributed by atoms with E-state index >= 15 is 0 Å². The number of carbonyl (C=O) groups is 1. The highest BCUT2D eigenvalue weighted by molar-refractivity contribution is 7.92. The Hall–Kier alpha value is -1.63. The van der Waals surface area contributed by atoms with Gasteiger partial charge in [-0.2, -0.15) is 0 Å². The molecule has 1 aromatic heterocycles. The van der Waals surface area contributed by atoms with E-state index in [1.165, 1.54) is 13.3 Å². The molecule has 1 rings (SSSR count). The summed E-state index contributed by atoms with van der Waals surface area (Å²) in [5.74, 6) is 4.49. The minimum Gasteiger partial charge on any atom is -0.469 e. The lowest BCUT2D eigenvalue weighted by Gasteiger charge is -2.03. The van der Waals surface area contributed by atoms with Crippen LogP contribution in [-0.4, -0.2) is 43.9 Å². The first-order chi connectivity index (χ1) is 9.46. The lowest BCUT2D eigenvalue weighted by atomic mass is 10.4. The molecule has 20 heavy (non-hydrogen) atoms. The number of rotatable bonds is 6. The first-order valence-electron chi connectivity index (χ1n) is 5.59. The Morgan fingerprint density at radius 1 is 1.60 bits per heavy atom. The molecule has 0 saturated carbocycles. The Labute approximate surface area is 121 Å². The minimum absolute atomic E-state index is 0.0290. The summed E-state index contributed by atoms with van der Waals surface area (Å²) in [6, 6.07) is 0. The quantitative estimate of drug-likeness (QED) is 0.572. The highest BCUT2D eigenvalue weighted by Crippen LogP contribution is 2.18. The molecule has 1 heterocycles. The average molecular weight is 318 g/mol. The molecular weight excluding hydrogens is 304 g/mol. The summed E-state index contributed by atoms with van der Waals surface area (Å²) >= 11 is 1.08. The maximum Gasteiger partial charge on any atom is 0.306 e. The van der Waals surface area contributed by atoms with Crippen LogP contribution in [0.25, 0.3) is 0 Å². The van der Waals surface area contributed by atoms with Crippen LogP contribution in [0.3, 0.4) is 0 Å². The molecule has 0 aliphatic carbocycles. The third-order valence-corrected chi connectivity index (χ3v) is 4.20. The normalized spacial score (nSPS) is 10.5. The summed E-state index contributed by atoms with van der Waals surface area (Å²) in [6.07, 6.45) is 1.56. The number of sulfonamides is 1. The number of thiazole rings is 1. The number of hydrogen-bond donors (Lipinski definition) is 2. The van der Waals surface area contributed by atoms with Gasteiger partial charge in [-0.25, -0.2) is 13.4 Å². The molecule has 0 amide bonds. The van der Waals surface area contributed by atoms with Crippen LogP contribution in [0.5, 0.6) is 0 Å². The lowest BCUT2D eigenvalue weighted by molar-refractivity contribution is -0.140. The molecule has 0 aliphatic heterocycles. The van der Waals surface area contributed by atoms with Gasteiger partial charge in [0.2, 0.25) is 10.0 Å². The summed E-state index contributed by atoms with van der Waals surface area (Å²) < 4.78 is 30.0. The van der Waals surface area contributed by atoms with Crippen LogP contribution >= 0.6 is 11.3 Å². The van der Waals surface area contributed by atoms with Gasteiger partial charge in [0.1, 0.15) is 0 Å². The Morgan fingerprint density at radius 3 is 3.00 bits per heavy atom. The van der Waals surface area contributed by atoms with Crippen LogP contribution in [0.15, 0.2) is 6.20 Å². The van der Waals surface area contributed by atoms with Crippen molar-refractivity contribution < 1.29 is 23.1 Å². The minimum atomic E-state index is -3.64. The zero-order valence-electron chi connectivity index (χ0n) is 10.7. The van der Waals surface area contributed by atoms with Gasteiger partial charge in [0.05, 0.1) is 37.0 Å². The van der Waals surface area contributed by atoms with Crippen LogP contribution in [0.4, 0.5) is 5.13 Å². The SMILES string of the molecule is COC(=O)CCS(=O)(=O)Nc1ncc(C#CCCO)s1. The summed E-state index contributed by atoms with van der Waals surface area (Å²) in [5, 5.41) is 8.77. The molecule has 7 nitrogen and oxygen atoms in total. The fourth-order valence-electron chi connectivity index (χ4n) is 1.09. The number of anilines is 1. The molecular formula is C11H14N2O5S2. The summed E-state index contributed by atoms with van der Waals surface area (Å²) in [5.41, 5.74) is 0. The fraction of sp³-hybridized carbons (Fsp3) is 0.455. The molecule has 2 N–H and O–H groups in total. The van der Waals surface area contributed by atoms with Gasteiger partial charge in [-0.05, 0) is 0 Å². The third-order valence-electron chi connectivity index (χ3n) is 2.00. The van der Waals surface area contributed by atoms with E-state index in [9.17, 15) is 13.2 Å². The Morgan fingerprint density at radius 2 is 2.35 bits per heavy atom. The number of hydrogen-bond acceptors (Lipinski definition) is 7. The van der Waals surface area contributed by atoms with E-state index in [-0.39, 0.29) is 23.9 Å². The molecule has 0 spiro atoms. The van der Waals surface area contributed by atoms with E-state index in [0.29, 0.717) is 11.3 Å². The number of aliphatic hydroxyl groups excluding tert-OH is 1. The van der Waals surface area contributed by atoms with Gasteiger partial charge in [-0.15, -0.1) is 0 Å². The van der Waals surface area contributed by atoms with Gasteiger partial charge in [-0.1, -0.05) is 23.2 Å². The van der Waals surface area contributed by atoms with E-state index in [1.54, 1.807) is 0 Å². The predicted octanol–water partition coefficient (Wildman–Crippen LogP) is 0.182. The van der Waals surface area contributed by atoms with E-state index < -0.39 is 16.0 Å². The number of aliphatic hydroxyl groups is 1. The van der Waals surface area contributed by atoms with Crippen molar-refractivity contribution >= 4 is 32.5 Å². The number of nitrogens with zero attached hydrogens (tertiary/aromatic N) is 1. The highest BCUT2D eigenvalue weighted by Gasteiger charge is 2.15. The predicted molar refractivity (Wildman–Crippen MR) is 74.7 cm³/mol. The summed E-state index contributed by atoms with van der Waals surface area (Å²) in [7, 11) is -2.45. The molecule has 1 aromatic rings. The van der Waals surface area contributed by atoms with Gasteiger partial charge in [-0.3, -0.25) is 9.52 Å². The largest absolute Gasteiger partial charge is 0.469 e. The van der Waals surface area contributed by atoms with E-state index in [2.05, 4.69) is 26.3 Å².